The molecule has 0 saturated carbocycles. The van der Waals surface area contributed by atoms with Crippen LogP contribution in [0.4, 0.5) is 5.82 Å². The molecule has 2 saturated heterocycles. The van der Waals surface area contributed by atoms with E-state index in [1.54, 1.807) is 12.5 Å². The summed E-state index contributed by atoms with van der Waals surface area (Å²) in [6, 6.07) is 1.90. The van der Waals surface area contributed by atoms with Crippen molar-refractivity contribution in [3.8, 4) is 0 Å². The summed E-state index contributed by atoms with van der Waals surface area (Å²) in [6.07, 6.45) is 4.22. The second kappa shape index (κ2) is 5.52. The molecule has 1 unspecified atom stereocenters. The number of piperazine rings is 1. The summed E-state index contributed by atoms with van der Waals surface area (Å²) in [5.41, 5.74) is 0. The number of carbonyl (C=O) groups is 1. The van der Waals surface area contributed by atoms with Crippen molar-refractivity contribution in [3.05, 3.63) is 18.6 Å². The number of hydrogen-bond acceptors (Lipinski definition) is 5. The van der Waals surface area contributed by atoms with Crippen LogP contribution >= 0.6 is 0 Å². The van der Waals surface area contributed by atoms with Crippen molar-refractivity contribution in [1.29, 1.82) is 0 Å². The van der Waals surface area contributed by atoms with Crippen LogP contribution in [-0.2, 0) is 4.79 Å². The fraction of sp³-hybridized carbons (Fsp3) is 0.615. The first kappa shape index (κ1) is 12.3. The Morgan fingerprint density at radius 1 is 1.32 bits per heavy atom. The fourth-order valence-corrected chi connectivity index (χ4v) is 2.78. The molecule has 1 aromatic rings. The normalized spacial score (nSPS) is 23.7. The second-order valence-electron chi connectivity index (χ2n) is 5.07. The Morgan fingerprint density at radius 2 is 2.16 bits per heavy atom. The third kappa shape index (κ3) is 2.68. The molecule has 1 amide bonds. The maximum absolute atomic E-state index is 12.4. The molecule has 0 radical (unpaired) electrons. The first-order valence-corrected chi connectivity index (χ1v) is 6.85. The Bertz CT molecular complexity index is 432. The number of nitrogens with zero attached hydrogens (tertiary/aromatic N) is 4. The second-order valence-corrected chi connectivity index (χ2v) is 5.07. The third-order valence-electron chi connectivity index (χ3n) is 3.86. The van der Waals surface area contributed by atoms with Gasteiger partial charge in [0.2, 0.25) is 5.91 Å². The predicted molar refractivity (Wildman–Crippen MR) is 71.8 cm³/mol. The van der Waals surface area contributed by atoms with Crippen molar-refractivity contribution < 1.29 is 4.79 Å². The van der Waals surface area contributed by atoms with Gasteiger partial charge in [-0.25, -0.2) is 9.97 Å². The molecule has 3 rings (SSSR count). The largest absolute Gasteiger partial charge is 0.356 e. The van der Waals surface area contributed by atoms with Crippen LogP contribution in [0, 0.1) is 5.92 Å². The Balaban J connectivity index is 1.61. The van der Waals surface area contributed by atoms with Crippen LogP contribution in [0.25, 0.3) is 0 Å². The summed E-state index contributed by atoms with van der Waals surface area (Å²) in [5, 5.41) is 3.27. The van der Waals surface area contributed by atoms with Crippen LogP contribution in [0.2, 0.25) is 0 Å². The highest BCUT2D eigenvalue weighted by molar-refractivity contribution is 5.80. The lowest BCUT2D eigenvalue weighted by Gasteiger charge is -2.29. The molecule has 19 heavy (non-hydrogen) atoms. The third-order valence-corrected chi connectivity index (χ3v) is 3.86. The van der Waals surface area contributed by atoms with E-state index < -0.39 is 0 Å². The Morgan fingerprint density at radius 3 is 2.89 bits per heavy atom. The molecule has 2 fully saturated rings. The Hall–Kier alpha value is -1.69. The number of nitrogens with one attached hydrogen (secondary N) is 1. The zero-order chi connectivity index (χ0) is 13.1. The van der Waals surface area contributed by atoms with Crippen LogP contribution in [0.5, 0.6) is 0 Å². The monoisotopic (exact) mass is 261 g/mol. The van der Waals surface area contributed by atoms with Gasteiger partial charge in [0.05, 0.1) is 5.92 Å². The van der Waals surface area contributed by atoms with Gasteiger partial charge >= 0.3 is 0 Å². The highest BCUT2D eigenvalue weighted by Gasteiger charge is 2.32. The molecular formula is C13H19N5O. The molecule has 102 valence electrons. The molecule has 2 aliphatic rings. The number of hydrogen-bond donors (Lipinski definition) is 1. The minimum atomic E-state index is 0.119. The van der Waals surface area contributed by atoms with Crippen LogP contribution in [-0.4, -0.2) is 60.0 Å². The van der Waals surface area contributed by atoms with E-state index in [0.717, 1.165) is 51.5 Å². The molecule has 1 atom stereocenters. The van der Waals surface area contributed by atoms with E-state index in [0.29, 0.717) is 5.91 Å². The number of aromatic nitrogens is 2. The predicted octanol–water partition coefficient (Wildman–Crippen LogP) is -0.265. The summed E-state index contributed by atoms with van der Waals surface area (Å²) in [6.45, 7) is 5.17. The van der Waals surface area contributed by atoms with E-state index in [9.17, 15) is 4.79 Å². The molecule has 6 nitrogen and oxygen atoms in total. The number of carbonyl (C=O) groups excluding carboxylic acids is 1. The molecule has 2 aliphatic heterocycles. The van der Waals surface area contributed by atoms with Gasteiger partial charge in [0, 0.05) is 45.5 Å². The first-order valence-electron chi connectivity index (χ1n) is 6.85. The zero-order valence-electron chi connectivity index (χ0n) is 11.0. The molecule has 3 heterocycles. The van der Waals surface area contributed by atoms with Crippen LogP contribution < -0.4 is 10.2 Å². The molecule has 1 aromatic heterocycles. The lowest BCUT2D eigenvalue weighted by atomic mass is 10.1. The van der Waals surface area contributed by atoms with Gasteiger partial charge in [0.1, 0.15) is 12.1 Å². The summed E-state index contributed by atoms with van der Waals surface area (Å²) >= 11 is 0. The van der Waals surface area contributed by atoms with Crippen LogP contribution in [0.1, 0.15) is 6.42 Å². The molecule has 1 N–H and O–H groups in total. The first-order chi connectivity index (χ1) is 9.34. The van der Waals surface area contributed by atoms with Crippen LogP contribution in [0.15, 0.2) is 18.6 Å². The number of anilines is 1. The van der Waals surface area contributed by atoms with Gasteiger partial charge in [0.25, 0.3) is 0 Å². The lowest BCUT2D eigenvalue weighted by molar-refractivity contribution is -0.135. The molecule has 0 bridgehead atoms. The summed E-state index contributed by atoms with van der Waals surface area (Å²) < 4.78 is 0. The molecule has 0 aliphatic carbocycles. The van der Waals surface area contributed by atoms with Gasteiger partial charge in [-0.05, 0) is 12.5 Å². The van der Waals surface area contributed by atoms with Crippen molar-refractivity contribution in [3.63, 3.8) is 0 Å². The van der Waals surface area contributed by atoms with Crippen molar-refractivity contribution in [2.45, 2.75) is 6.42 Å². The minimum Gasteiger partial charge on any atom is -0.356 e. The van der Waals surface area contributed by atoms with E-state index >= 15 is 0 Å². The molecule has 0 aromatic carbocycles. The van der Waals surface area contributed by atoms with Crippen molar-refractivity contribution in [2.24, 2.45) is 5.92 Å². The quantitative estimate of drug-likeness (QED) is 0.794. The van der Waals surface area contributed by atoms with Crippen molar-refractivity contribution in [1.82, 2.24) is 20.2 Å². The van der Waals surface area contributed by atoms with Crippen LogP contribution in [0.3, 0.4) is 0 Å². The standard InChI is InChI=1S/C13H19N5O/c19-13(17-7-4-14-5-8-17)11-2-6-18(9-11)12-1-3-15-10-16-12/h1,3,10-11,14H,2,4-9H2. The van der Waals surface area contributed by atoms with E-state index in [-0.39, 0.29) is 5.92 Å². The average molecular weight is 261 g/mol. The van der Waals surface area contributed by atoms with Gasteiger partial charge in [-0.2, -0.15) is 0 Å². The highest BCUT2D eigenvalue weighted by Crippen LogP contribution is 2.23. The fourth-order valence-electron chi connectivity index (χ4n) is 2.78. The number of amides is 1. The lowest BCUT2D eigenvalue weighted by Crippen LogP contribution is -2.48. The summed E-state index contributed by atoms with van der Waals surface area (Å²) in [5.74, 6) is 1.34. The molecule has 0 spiro atoms. The SMILES string of the molecule is O=C(C1CCN(c2ccncn2)C1)N1CCNCC1. The van der Waals surface area contributed by atoms with Crippen molar-refractivity contribution >= 4 is 11.7 Å². The van der Waals surface area contributed by atoms with Gasteiger partial charge in [-0.15, -0.1) is 0 Å². The molecular weight excluding hydrogens is 242 g/mol. The van der Waals surface area contributed by atoms with E-state index in [4.69, 9.17) is 0 Å². The smallest absolute Gasteiger partial charge is 0.227 e. The van der Waals surface area contributed by atoms with Crippen molar-refractivity contribution in [2.75, 3.05) is 44.2 Å². The Labute approximate surface area is 112 Å². The van der Waals surface area contributed by atoms with E-state index in [1.165, 1.54) is 0 Å². The van der Waals surface area contributed by atoms with Gasteiger partial charge in [-0.3, -0.25) is 4.79 Å². The summed E-state index contributed by atoms with van der Waals surface area (Å²) in [7, 11) is 0. The highest BCUT2D eigenvalue weighted by atomic mass is 16.2. The van der Waals surface area contributed by atoms with Gasteiger partial charge in [0.15, 0.2) is 0 Å². The Kier molecular flexibility index (Phi) is 3.59. The van der Waals surface area contributed by atoms with Gasteiger partial charge in [-0.1, -0.05) is 0 Å². The number of rotatable bonds is 2. The topological polar surface area (TPSA) is 61.4 Å². The minimum absolute atomic E-state index is 0.119. The van der Waals surface area contributed by atoms with E-state index in [2.05, 4.69) is 20.2 Å². The zero-order valence-corrected chi connectivity index (χ0v) is 11.0. The van der Waals surface area contributed by atoms with Gasteiger partial charge < -0.3 is 15.1 Å². The maximum Gasteiger partial charge on any atom is 0.227 e. The maximum atomic E-state index is 12.4. The summed E-state index contributed by atoms with van der Waals surface area (Å²) in [4.78, 5) is 24.8. The molecule has 6 heteroatoms. The van der Waals surface area contributed by atoms with E-state index in [1.807, 2.05) is 11.0 Å². The average Bonchev–Trinajstić information content (AvgIpc) is 2.98.